The molecule has 0 unspecified atom stereocenters. The number of rotatable bonds is 3. The highest BCUT2D eigenvalue weighted by Crippen LogP contribution is 2.32. The minimum Gasteiger partial charge on any atom is -0.351 e. The number of hydrogen-bond donors (Lipinski definition) is 1. The predicted octanol–water partition coefficient (Wildman–Crippen LogP) is 2.93. The Bertz CT molecular complexity index is 835. The van der Waals surface area contributed by atoms with Gasteiger partial charge < -0.3 is 14.8 Å². The highest BCUT2D eigenvalue weighted by Gasteiger charge is 2.47. The minimum absolute atomic E-state index is 0.0296. The Morgan fingerprint density at radius 1 is 1.28 bits per heavy atom. The fraction of sp³-hybridized carbons (Fsp3) is 0.500. The van der Waals surface area contributed by atoms with Crippen LogP contribution in [0.4, 0.5) is 0 Å². The summed E-state index contributed by atoms with van der Waals surface area (Å²) < 4.78 is 2.01. The van der Waals surface area contributed by atoms with Gasteiger partial charge in [0.05, 0.1) is 6.54 Å². The van der Waals surface area contributed by atoms with E-state index in [0.717, 1.165) is 23.7 Å². The summed E-state index contributed by atoms with van der Waals surface area (Å²) in [6.45, 7) is 4.86. The van der Waals surface area contributed by atoms with Crippen LogP contribution in [0.5, 0.6) is 0 Å². The van der Waals surface area contributed by atoms with E-state index in [1.165, 1.54) is 12.8 Å². The first-order chi connectivity index (χ1) is 12.0. The van der Waals surface area contributed by atoms with Crippen molar-refractivity contribution in [1.82, 2.24) is 14.8 Å². The van der Waals surface area contributed by atoms with Gasteiger partial charge in [-0.2, -0.15) is 0 Å². The summed E-state index contributed by atoms with van der Waals surface area (Å²) in [6, 6.07) is 10.2. The molecule has 1 saturated carbocycles. The third kappa shape index (κ3) is 2.44. The number of nitrogens with one attached hydrogen (secondary N) is 1. The molecule has 1 N–H and O–H groups in total. The third-order valence-corrected chi connectivity index (χ3v) is 5.83. The summed E-state index contributed by atoms with van der Waals surface area (Å²) in [5.41, 5.74) is 0.833. The van der Waals surface area contributed by atoms with Crippen molar-refractivity contribution in [1.29, 1.82) is 0 Å². The zero-order valence-electron chi connectivity index (χ0n) is 14.9. The molecule has 0 radical (unpaired) electrons. The van der Waals surface area contributed by atoms with E-state index >= 15 is 0 Å². The number of likely N-dealkylation sites (N-methyl/N-ethyl adjacent to an activating group) is 1. The van der Waals surface area contributed by atoms with Gasteiger partial charge >= 0.3 is 0 Å². The number of benzene rings is 1. The second-order valence-electron chi connectivity index (χ2n) is 7.45. The summed E-state index contributed by atoms with van der Waals surface area (Å²) in [5.74, 6) is -0.0907. The van der Waals surface area contributed by atoms with Crippen LogP contribution < -0.4 is 5.32 Å². The lowest BCUT2D eigenvalue weighted by Crippen LogP contribution is -2.64. The van der Waals surface area contributed by atoms with Crippen molar-refractivity contribution < 1.29 is 9.59 Å². The van der Waals surface area contributed by atoms with Crippen LogP contribution in [0.2, 0.25) is 0 Å². The molecule has 0 spiro atoms. The number of para-hydroxylation sites is 1. The molecule has 2 aromatic rings. The molecule has 1 fully saturated rings. The van der Waals surface area contributed by atoms with Crippen LogP contribution in [0.3, 0.4) is 0 Å². The van der Waals surface area contributed by atoms with E-state index in [1.807, 2.05) is 48.7 Å². The normalized spacial score (nSPS) is 23.9. The molecule has 1 aromatic heterocycles. The van der Waals surface area contributed by atoms with Crippen molar-refractivity contribution in [3.63, 3.8) is 0 Å². The monoisotopic (exact) mass is 339 g/mol. The molecule has 1 aliphatic carbocycles. The lowest BCUT2D eigenvalue weighted by Gasteiger charge is -2.44. The van der Waals surface area contributed by atoms with Crippen LogP contribution in [0.1, 0.15) is 50.0 Å². The first-order valence-electron chi connectivity index (χ1n) is 9.26. The van der Waals surface area contributed by atoms with Gasteiger partial charge in [-0.15, -0.1) is 0 Å². The maximum atomic E-state index is 13.1. The average molecular weight is 339 g/mol. The zero-order chi connectivity index (χ0) is 17.6. The summed E-state index contributed by atoms with van der Waals surface area (Å²) in [4.78, 5) is 28.0. The SMILES string of the molecule is CCN1C(=O)c2cc3ccccc3n2C[C@]1(C)C(=O)NC1CCCC1. The summed E-state index contributed by atoms with van der Waals surface area (Å²) in [5, 5.41) is 4.24. The van der Waals surface area contributed by atoms with E-state index in [4.69, 9.17) is 0 Å². The Hall–Kier alpha value is -2.30. The van der Waals surface area contributed by atoms with Gasteiger partial charge in [-0.25, -0.2) is 0 Å². The highest BCUT2D eigenvalue weighted by atomic mass is 16.2. The molecule has 2 aliphatic rings. The van der Waals surface area contributed by atoms with Crippen molar-refractivity contribution in [3.8, 4) is 0 Å². The van der Waals surface area contributed by atoms with Crippen molar-refractivity contribution in [2.75, 3.05) is 6.54 Å². The van der Waals surface area contributed by atoms with Gasteiger partial charge in [-0.1, -0.05) is 31.0 Å². The lowest BCUT2D eigenvalue weighted by molar-refractivity contribution is -0.133. The van der Waals surface area contributed by atoms with E-state index < -0.39 is 5.54 Å². The fourth-order valence-electron chi connectivity index (χ4n) is 4.41. The standard InChI is InChI=1S/C20H25N3O2/c1-3-23-18(24)17-12-14-8-4-7-11-16(14)22(17)13-20(23,2)19(25)21-15-9-5-6-10-15/h4,7-8,11-12,15H,3,5-6,9-10,13H2,1-2H3,(H,21,25)/t20-/m1/s1. The first-order valence-corrected chi connectivity index (χ1v) is 9.26. The number of amides is 2. The van der Waals surface area contributed by atoms with Gasteiger partial charge in [0, 0.05) is 23.5 Å². The Labute approximate surface area is 148 Å². The molecule has 0 bridgehead atoms. The molecule has 25 heavy (non-hydrogen) atoms. The van der Waals surface area contributed by atoms with E-state index in [0.29, 0.717) is 18.8 Å². The maximum absolute atomic E-state index is 13.1. The molecule has 132 valence electrons. The lowest BCUT2D eigenvalue weighted by atomic mass is 9.94. The molecule has 5 nitrogen and oxygen atoms in total. The van der Waals surface area contributed by atoms with E-state index in [-0.39, 0.29) is 17.9 Å². The number of hydrogen-bond acceptors (Lipinski definition) is 2. The quantitative estimate of drug-likeness (QED) is 0.935. The minimum atomic E-state index is -0.858. The molecule has 5 heteroatoms. The van der Waals surface area contributed by atoms with Crippen LogP contribution in [0.15, 0.2) is 30.3 Å². The molecule has 1 atom stereocenters. The Morgan fingerprint density at radius 3 is 2.72 bits per heavy atom. The third-order valence-electron chi connectivity index (χ3n) is 5.83. The molecular formula is C20H25N3O2. The first kappa shape index (κ1) is 16.2. The second-order valence-corrected chi connectivity index (χ2v) is 7.45. The van der Waals surface area contributed by atoms with Crippen molar-refractivity contribution >= 4 is 22.7 Å². The van der Waals surface area contributed by atoms with Gasteiger partial charge in [0.15, 0.2) is 0 Å². The van der Waals surface area contributed by atoms with Crippen LogP contribution in [0.25, 0.3) is 10.9 Å². The number of fused-ring (bicyclic) bond motifs is 3. The molecule has 1 aliphatic heterocycles. The molecular weight excluding hydrogens is 314 g/mol. The van der Waals surface area contributed by atoms with E-state index in [2.05, 4.69) is 5.32 Å². The molecule has 2 amide bonds. The largest absolute Gasteiger partial charge is 0.351 e. The Morgan fingerprint density at radius 2 is 2.00 bits per heavy atom. The van der Waals surface area contributed by atoms with Gasteiger partial charge in [-0.05, 0) is 38.8 Å². The number of nitrogens with zero attached hydrogens (tertiary/aromatic N) is 2. The van der Waals surface area contributed by atoms with Crippen LogP contribution >= 0.6 is 0 Å². The van der Waals surface area contributed by atoms with Gasteiger partial charge in [0.2, 0.25) is 5.91 Å². The molecule has 1 aromatic carbocycles. The van der Waals surface area contributed by atoms with Crippen molar-refractivity contribution in [3.05, 3.63) is 36.0 Å². The number of carbonyl (C=O) groups is 2. The smallest absolute Gasteiger partial charge is 0.271 e. The molecule has 4 rings (SSSR count). The van der Waals surface area contributed by atoms with Crippen molar-refractivity contribution in [2.45, 2.75) is 57.7 Å². The summed E-state index contributed by atoms with van der Waals surface area (Å²) >= 11 is 0. The van der Waals surface area contributed by atoms with Gasteiger partial charge in [-0.3, -0.25) is 9.59 Å². The highest BCUT2D eigenvalue weighted by molar-refractivity contribution is 6.03. The molecule has 2 heterocycles. The summed E-state index contributed by atoms with van der Waals surface area (Å²) in [7, 11) is 0. The number of carbonyl (C=O) groups excluding carboxylic acids is 2. The zero-order valence-corrected chi connectivity index (χ0v) is 14.9. The predicted molar refractivity (Wildman–Crippen MR) is 97.5 cm³/mol. The van der Waals surface area contributed by atoms with Crippen LogP contribution in [-0.2, 0) is 11.3 Å². The average Bonchev–Trinajstić information content (AvgIpc) is 3.23. The Balaban J connectivity index is 1.74. The number of aromatic nitrogens is 1. The summed E-state index contributed by atoms with van der Waals surface area (Å²) in [6.07, 6.45) is 4.42. The fourth-order valence-corrected chi connectivity index (χ4v) is 4.41. The topological polar surface area (TPSA) is 54.3 Å². The van der Waals surface area contributed by atoms with Crippen molar-refractivity contribution in [2.24, 2.45) is 0 Å². The van der Waals surface area contributed by atoms with Crippen LogP contribution in [-0.4, -0.2) is 39.4 Å². The van der Waals surface area contributed by atoms with Gasteiger partial charge in [0.25, 0.3) is 5.91 Å². The van der Waals surface area contributed by atoms with E-state index in [9.17, 15) is 9.59 Å². The van der Waals surface area contributed by atoms with Gasteiger partial charge in [0.1, 0.15) is 11.2 Å². The van der Waals surface area contributed by atoms with Crippen LogP contribution in [0, 0.1) is 0 Å². The van der Waals surface area contributed by atoms with E-state index in [1.54, 1.807) is 4.90 Å². The Kier molecular flexibility index (Phi) is 3.82. The second kappa shape index (κ2) is 5.90. The molecule has 0 saturated heterocycles. The maximum Gasteiger partial charge on any atom is 0.271 e.